The highest BCUT2D eigenvalue weighted by Crippen LogP contribution is 2.21. The molecule has 1 N–H and O–H groups in total. The van der Waals surface area contributed by atoms with Gasteiger partial charge in [0, 0.05) is 19.1 Å². The average Bonchev–Trinajstić information content (AvgIpc) is 3.06. The van der Waals surface area contributed by atoms with E-state index in [0.29, 0.717) is 36.7 Å². The number of benzene rings is 1. The molecule has 1 aliphatic heterocycles. The normalized spacial score (nSPS) is 14.5. The zero-order chi connectivity index (χ0) is 19.7. The minimum Gasteiger partial charge on any atom is -0.465 e. The Bertz CT molecular complexity index is 1040. The fourth-order valence-electron chi connectivity index (χ4n) is 3.26. The highest BCUT2D eigenvalue weighted by molar-refractivity contribution is 5.76. The maximum absolute atomic E-state index is 12.5. The second-order valence-electron chi connectivity index (χ2n) is 6.80. The Kier molecular flexibility index (Phi) is 4.82. The molecule has 1 aliphatic rings. The molecular weight excluding hydrogens is 360 g/mol. The first-order valence-electron chi connectivity index (χ1n) is 9.21. The van der Waals surface area contributed by atoms with Crippen LogP contribution in [0.25, 0.3) is 16.7 Å². The summed E-state index contributed by atoms with van der Waals surface area (Å²) in [5.74, 6) is 0.277. The van der Waals surface area contributed by atoms with Crippen molar-refractivity contribution in [1.29, 1.82) is 0 Å². The first-order valence-corrected chi connectivity index (χ1v) is 9.21. The number of nitrogens with one attached hydrogen (secondary N) is 1. The molecule has 0 saturated carbocycles. The van der Waals surface area contributed by atoms with E-state index in [1.807, 2.05) is 47.2 Å². The highest BCUT2D eigenvalue weighted by atomic mass is 16.5. The van der Waals surface area contributed by atoms with Gasteiger partial charge in [0.25, 0.3) is 5.56 Å². The summed E-state index contributed by atoms with van der Waals surface area (Å²) in [6.07, 6.45) is 1.53. The van der Waals surface area contributed by atoms with Crippen molar-refractivity contribution in [3.63, 3.8) is 0 Å². The number of likely N-dealkylation sites (N-methyl/N-ethyl adjacent to an activating group) is 1. The average molecular weight is 382 g/mol. The van der Waals surface area contributed by atoms with Crippen molar-refractivity contribution in [3.8, 4) is 5.69 Å². The molecular formula is C19H22N6O3. The van der Waals surface area contributed by atoms with Crippen LogP contribution in [0.2, 0.25) is 0 Å². The van der Waals surface area contributed by atoms with Gasteiger partial charge in [-0.15, -0.1) is 0 Å². The number of ether oxygens (including phenoxy) is 1. The van der Waals surface area contributed by atoms with Gasteiger partial charge >= 0.3 is 5.97 Å². The number of aromatic amines is 1. The van der Waals surface area contributed by atoms with Crippen molar-refractivity contribution in [2.45, 2.75) is 13.0 Å². The number of nitrogens with zero attached hydrogens (tertiary/aromatic N) is 5. The quantitative estimate of drug-likeness (QED) is 0.630. The van der Waals surface area contributed by atoms with Crippen LogP contribution in [-0.2, 0) is 9.53 Å². The van der Waals surface area contributed by atoms with Gasteiger partial charge in [-0.3, -0.25) is 19.5 Å². The molecule has 0 bridgehead atoms. The Morgan fingerprint density at radius 2 is 2.07 bits per heavy atom. The molecule has 0 spiro atoms. The van der Waals surface area contributed by atoms with E-state index in [1.54, 1.807) is 11.6 Å². The Hall–Kier alpha value is -3.20. The van der Waals surface area contributed by atoms with Crippen molar-refractivity contribution in [2.75, 3.05) is 38.2 Å². The van der Waals surface area contributed by atoms with Crippen LogP contribution in [0.1, 0.15) is 6.92 Å². The van der Waals surface area contributed by atoms with Crippen molar-refractivity contribution >= 4 is 23.0 Å². The van der Waals surface area contributed by atoms with Crippen molar-refractivity contribution in [1.82, 2.24) is 24.6 Å². The van der Waals surface area contributed by atoms with Gasteiger partial charge in [-0.1, -0.05) is 18.2 Å². The van der Waals surface area contributed by atoms with Gasteiger partial charge in [0.15, 0.2) is 5.65 Å². The second-order valence-corrected chi connectivity index (χ2v) is 6.80. The lowest BCUT2D eigenvalue weighted by molar-refractivity contribution is -0.144. The Labute approximate surface area is 161 Å². The molecule has 146 valence electrons. The lowest BCUT2D eigenvalue weighted by Gasteiger charge is -2.43. The van der Waals surface area contributed by atoms with Gasteiger partial charge < -0.3 is 9.64 Å². The van der Waals surface area contributed by atoms with E-state index in [9.17, 15) is 9.59 Å². The minimum atomic E-state index is -0.233. The fraction of sp³-hybridized carbons (Fsp3) is 0.368. The molecule has 0 unspecified atom stereocenters. The van der Waals surface area contributed by atoms with Crippen LogP contribution >= 0.6 is 0 Å². The topological polar surface area (TPSA) is 96.3 Å². The third-order valence-corrected chi connectivity index (χ3v) is 4.90. The molecule has 1 fully saturated rings. The molecule has 3 aromatic rings. The van der Waals surface area contributed by atoms with E-state index in [-0.39, 0.29) is 24.1 Å². The summed E-state index contributed by atoms with van der Waals surface area (Å²) in [6.45, 7) is 3.76. The van der Waals surface area contributed by atoms with Crippen molar-refractivity contribution in [2.24, 2.45) is 0 Å². The highest BCUT2D eigenvalue weighted by Gasteiger charge is 2.33. The number of esters is 1. The molecule has 9 heteroatoms. The van der Waals surface area contributed by atoms with Crippen molar-refractivity contribution < 1.29 is 9.53 Å². The summed E-state index contributed by atoms with van der Waals surface area (Å²) in [7, 11) is 1.89. The summed E-state index contributed by atoms with van der Waals surface area (Å²) in [5.41, 5.74) is 1.15. The van der Waals surface area contributed by atoms with E-state index < -0.39 is 0 Å². The molecule has 3 heterocycles. The van der Waals surface area contributed by atoms with Crippen molar-refractivity contribution in [3.05, 3.63) is 46.9 Å². The summed E-state index contributed by atoms with van der Waals surface area (Å²) in [6, 6.07) is 9.78. The van der Waals surface area contributed by atoms with Gasteiger partial charge in [-0.05, 0) is 26.1 Å². The Balaban J connectivity index is 1.53. The van der Waals surface area contributed by atoms with E-state index >= 15 is 0 Å². The zero-order valence-corrected chi connectivity index (χ0v) is 15.8. The standard InChI is InChI=1S/C19H22N6O3/c1-3-28-16(26)12-23(2)14-10-24(11-14)19-21-17-15(18(27)22-19)9-20-25(17)13-7-5-4-6-8-13/h4-9,14H,3,10-12H2,1-2H3,(H,21,22,27). The van der Waals surface area contributed by atoms with Crippen LogP contribution in [0.5, 0.6) is 0 Å². The molecule has 1 aromatic carbocycles. The Morgan fingerprint density at radius 3 is 2.79 bits per heavy atom. The number of carbonyl (C=O) groups is 1. The molecule has 28 heavy (non-hydrogen) atoms. The first kappa shape index (κ1) is 18.2. The van der Waals surface area contributed by atoms with Gasteiger partial charge in [0.2, 0.25) is 5.95 Å². The number of aromatic nitrogens is 4. The molecule has 0 amide bonds. The lowest BCUT2D eigenvalue weighted by Crippen LogP contribution is -2.60. The SMILES string of the molecule is CCOC(=O)CN(C)C1CN(c2nc3c(cnn3-c3ccccc3)c(=O)[nH]2)C1. The van der Waals surface area contributed by atoms with E-state index in [0.717, 1.165) is 5.69 Å². The fourth-order valence-corrected chi connectivity index (χ4v) is 3.26. The van der Waals surface area contributed by atoms with Crippen LogP contribution in [0.4, 0.5) is 5.95 Å². The van der Waals surface area contributed by atoms with Crippen LogP contribution in [0, 0.1) is 0 Å². The molecule has 9 nitrogen and oxygen atoms in total. The molecule has 1 saturated heterocycles. The van der Waals surface area contributed by atoms with Gasteiger partial charge in [0.05, 0.1) is 25.0 Å². The van der Waals surface area contributed by atoms with Gasteiger partial charge in [0.1, 0.15) is 5.39 Å². The number of hydrogen-bond acceptors (Lipinski definition) is 7. The molecule has 0 atom stereocenters. The lowest BCUT2D eigenvalue weighted by atomic mass is 10.1. The van der Waals surface area contributed by atoms with Crippen LogP contribution < -0.4 is 10.5 Å². The number of hydrogen-bond donors (Lipinski definition) is 1. The summed E-state index contributed by atoms with van der Waals surface area (Å²) >= 11 is 0. The largest absolute Gasteiger partial charge is 0.465 e. The summed E-state index contributed by atoms with van der Waals surface area (Å²) < 4.78 is 6.65. The minimum absolute atomic E-state index is 0.199. The van der Waals surface area contributed by atoms with Crippen LogP contribution in [-0.4, -0.2) is 69.9 Å². The molecule has 0 radical (unpaired) electrons. The summed E-state index contributed by atoms with van der Waals surface area (Å²) in [5, 5.41) is 4.77. The molecule has 4 rings (SSSR count). The smallest absolute Gasteiger partial charge is 0.320 e. The number of anilines is 1. The third kappa shape index (κ3) is 3.36. The summed E-state index contributed by atoms with van der Waals surface area (Å²) in [4.78, 5) is 35.5. The number of carbonyl (C=O) groups excluding carboxylic acids is 1. The molecule has 0 aliphatic carbocycles. The van der Waals surface area contributed by atoms with E-state index in [4.69, 9.17) is 4.74 Å². The van der Waals surface area contributed by atoms with E-state index in [1.165, 1.54) is 6.20 Å². The third-order valence-electron chi connectivity index (χ3n) is 4.90. The maximum Gasteiger partial charge on any atom is 0.320 e. The Morgan fingerprint density at radius 1 is 1.32 bits per heavy atom. The second kappa shape index (κ2) is 7.43. The van der Waals surface area contributed by atoms with Crippen LogP contribution in [0.15, 0.2) is 41.3 Å². The number of H-pyrrole nitrogens is 1. The van der Waals surface area contributed by atoms with Gasteiger partial charge in [-0.25, -0.2) is 4.68 Å². The predicted octanol–water partition coefficient (Wildman–Crippen LogP) is 0.792. The number of para-hydroxylation sites is 1. The van der Waals surface area contributed by atoms with E-state index in [2.05, 4.69) is 15.1 Å². The molecule has 2 aromatic heterocycles. The zero-order valence-electron chi connectivity index (χ0n) is 15.8. The predicted molar refractivity (Wildman–Crippen MR) is 105 cm³/mol. The number of rotatable bonds is 6. The van der Waals surface area contributed by atoms with Crippen LogP contribution in [0.3, 0.4) is 0 Å². The first-order chi connectivity index (χ1) is 13.6. The maximum atomic E-state index is 12.5. The monoisotopic (exact) mass is 382 g/mol. The van der Waals surface area contributed by atoms with Gasteiger partial charge in [-0.2, -0.15) is 10.1 Å². The number of fused-ring (bicyclic) bond motifs is 1.